The zero-order chi connectivity index (χ0) is 16.8. The third kappa shape index (κ3) is 4.24. The molecule has 3 rings (SSSR count). The highest BCUT2D eigenvalue weighted by molar-refractivity contribution is 7.09. The molecule has 8 heteroatoms. The van der Waals surface area contributed by atoms with Crippen molar-refractivity contribution in [3.8, 4) is 5.75 Å². The molecule has 0 aliphatic carbocycles. The molecule has 126 valence electrons. The van der Waals surface area contributed by atoms with Gasteiger partial charge < -0.3 is 10.1 Å². The lowest BCUT2D eigenvalue weighted by Gasteiger charge is -2.12. The smallest absolute Gasteiger partial charge is 0.243 e. The van der Waals surface area contributed by atoms with Gasteiger partial charge in [-0.1, -0.05) is 29.7 Å². The Morgan fingerprint density at radius 3 is 3.04 bits per heavy atom. The lowest BCUT2D eigenvalue weighted by molar-refractivity contribution is 0.307. The van der Waals surface area contributed by atoms with Crippen molar-refractivity contribution in [1.82, 2.24) is 20.2 Å². The van der Waals surface area contributed by atoms with Gasteiger partial charge in [-0.05, 0) is 46.5 Å². The second-order valence-electron chi connectivity index (χ2n) is 5.20. The van der Waals surface area contributed by atoms with Crippen molar-refractivity contribution in [1.29, 1.82) is 0 Å². The van der Waals surface area contributed by atoms with Crippen LogP contribution in [0.15, 0.2) is 35.7 Å². The summed E-state index contributed by atoms with van der Waals surface area (Å²) in [5, 5.41) is 17.6. The Bertz CT molecular complexity index is 775. The summed E-state index contributed by atoms with van der Waals surface area (Å²) in [5.74, 6) is 1.44. The number of hydrogen-bond acceptors (Lipinski definition) is 6. The first kappa shape index (κ1) is 16.7. The van der Waals surface area contributed by atoms with Gasteiger partial charge in [0.15, 0.2) is 0 Å². The Kier molecular flexibility index (Phi) is 5.66. The second-order valence-corrected chi connectivity index (χ2v) is 6.67. The molecule has 24 heavy (non-hydrogen) atoms. The summed E-state index contributed by atoms with van der Waals surface area (Å²) in [4.78, 5) is 1.18. The van der Waals surface area contributed by atoms with Crippen molar-refractivity contribution < 1.29 is 4.74 Å². The average molecular weight is 364 g/mol. The summed E-state index contributed by atoms with van der Waals surface area (Å²) in [5.41, 5.74) is 0.963. The van der Waals surface area contributed by atoms with Crippen LogP contribution >= 0.6 is 22.9 Å². The quantitative estimate of drug-likeness (QED) is 0.655. The van der Waals surface area contributed by atoms with Crippen molar-refractivity contribution >= 4 is 28.9 Å². The average Bonchev–Trinajstić information content (AvgIpc) is 3.24. The Labute approximate surface area is 149 Å². The standard InChI is InChI=1S/C16H18ClN5OS/c1-2-7-22-16(19-20-21-22)18-10-12-9-13(17)5-6-15(12)23-11-14-4-3-8-24-14/h3-6,8-9H,2,7,10-11H2,1H3,(H,18,19,21). The number of hydrogen-bond donors (Lipinski definition) is 1. The van der Waals surface area contributed by atoms with Crippen molar-refractivity contribution in [2.75, 3.05) is 5.32 Å². The lowest BCUT2D eigenvalue weighted by atomic mass is 10.2. The molecule has 0 saturated heterocycles. The number of aryl methyl sites for hydroxylation is 1. The number of tetrazole rings is 1. The van der Waals surface area contributed by atoms with Crippen LogP contribution in [0, 0.1) is 0 Å². The third-order valence-corrected chi connectivity index (χ3v) is 4.46. The number of nitrogens with one attached hydrogen (secondary N) is 1. The topological polar surface area (TPSA) is 64.9 Å². The van der Waals surface area contributed by atoms with Gasteiger partial charge in [0, 0.05) is 28.6 Å². The predicted octanol–water partition coefficient (Wildman–Crippen LogP) is 3.99. The fourth-order valence-corrected chi connectivity index (χ4v) is 3.05. The summed E-state index contributed by atoms with van der Waals surface area (Å²) in [6.45, 7) is 3.93. The molecule has 2 heterocycles. The van der Waals surface area contributed by atoms with Gasteiger partial charge in [0.2, 0.25) is 5.95 Å². The summed E-state index contributed by atoms with van der Waals surface area (Å²) in [7, 11) is 0. The van der Waals surface area contributed by atoms with Crippen LogP contribution in [-0.2, 0) is 19.7 Å². The van der Waals surface area contributed by atoms with E-state index in [1.807, 2.05) is 29.6 Å². The van der Waals surface area contributed by atoms with E-state index in [1.165, 1.54) is 4.88 Å². The Hall–Kier alpha value is -2.12. The highest BCUT2D eigenvalue weighted by Gasteiger charge is 2.09. The fourth-order valence-electron chi connectivity index (χ4n) is 2.24. The van der Waals surface area contributed by atoms with E-state index in [1.54, 1.807) is 16.0 Å². The van der Waals surface area contributed by atoms with Gasteiger partial charge >= 0.3 is 0 Å². The van der Waals surface area contributed by atoms with Crippen LogP contribution < -0.4 is 10.1 Å². The van der Waals surface area contributed by atoms with Gasteiger partial charge in [-0.25, -0.2) is 4.68 Å². The SMILES string of the molecule is CCCn1nnnc1NCc1cc(Cl)ccc1OCc1cccs1. The van der Waals surface area contributed by atoms with Gasteiger partial charge in [0.1, 0.15) is 12.4 Å². The minimum atomic E-state index is 0.532. The zero-order valence-corrected chi connectivity index (χ0v) is 14.8. The largest absolute Gasteiger partial charge is 0.488 e. The van der Waals surface area contributed by atoms with Crippen LogP contribution in [0.2, 0.25) is 5.02 Å². The van der Waals surface area contributed by atoms with Gasteiger partial charge in [0.05, 0.1) is 0 Å². The van der Waals surface area contributed by atoms with E-state index < -0.39 is 0 Å². The molecule has 0 radical (unpaired) electrons. The van der Waals surface area contributed by atoms with Gasteiger partial charge in [0.25, 0.3) is 0 Å². The molecule has 0 spiro atoms. The van der Waals surface area contributed by atoms with E-state index >= 15 is 0 Å². The first-order valence-electron chi connectivity index (χ1n) is 7.70. The summed E-state index contributed by atoms with van der Waals surface area (Å²) in [6, 6.07) is 9.68. The molecule has 0 aliphatic rings. The Morgan fingerprint density at radius 1 is 1.33 bits per heavy atom. The molecule has 6 nitrogen and oxygen atoms in total. The molecule has 0 bridgehead atoms. The fraction of sp³-hybridized carbons (Fsp3) is 0.312. The van der Waals surface area contributed by atoms with E-state index in [4.69, 9.17) is 16.3 Å². The normalized spacial score (nSPS) is 10.8. The first-order chi connectivity index (χ1) is 11.8. The van der Waals surface area contributed by atoms with Crippen molar-refractivity contribution in [2.45, 2.75) is 33.0 Å². The monoisotopic (exact) mass is 363 g/mol. The second kappa shape index (κ2) is 8.12. The van der Waals surface area contributed by atoms with E-state index in [9.17, 15) is 0 Å². The molecule has 1 N–H and O–H groups in total. The third-order valence-electron chi connectivity index (χ3n) is 3.38. The molecule has 0 saturated carbocycles. The van der Waals surface area contributed by atoms with Gasteiger partial charge in [-0.2, -0.15) is 0 Å². The van der Waals surface area contributed by atoms with E-state index in [0.717, 1.165) is 24.3 Å². The van der Waals surface area contributed by atoms with Crippen molar-refractivity contribution in [3.63, 3.8) is 0 Å². The van der Waals surface area contributed by atoms with Crippen LogP contribution in [0.4, 0.5) is 5.95 Å². The van der Waals surface area contributed by atoms with E-state index in [0.29, 0.717) is 24.1 Å². The number of rotatable bonds is 8. The molecule has 2 aromatic heterocycles. The maximum absolute atomic E-state index is 6.13. The van der Waals surface area contributed by atoms with Crippen LogP contribution in [-0.4, -0.2) is 20.2 Å². The number of anilines is 1. The molecule has 0 atom stereocenters. The maximum Gasteiger partial charge on any atom is 0.243 e. The van der Waals surface area contributed by atoms with E-state index in [2.05, 4.69) is 33.8 Å². The number of aromatic nitrogens is 4. The van der Waals surface area contributed by atoms with Crippen LogP contribution in [0.3, 0.4) is 0 Å². The molecule has 0 aliphatic heterocycles. The molecular weight excluding hydrogens is 346 g/mol. The van der Waals surface area contributed by atoms with Crippen molar-refractivity contribution in [3.05, 3.63) is 51.2 Å². The lowest BCUT2D eigenvalue weighted by Crippen LogP contribution is -2.09. The summed E-state index contributed by atoms with van der Waals surface area (Å²) >= 11 is 7.80. The van der Waals surface area contributed by atoms with Crippen molar-refractivity contribution in [2.24, 2.45) is 0 Å². The maximum atomic E-state index is 6.13. The van der Waals surface area contributed by atoms with E-state index in [-0.39, 0.29) is 0 Å². The molecule has 0 amide bonds. The minimum absolute atomic E-state index is 0.532. The Balaban J connectivity index is 1.69. The zero-order valence-electron chi connectivity index (χ0n) is 13.3. The van der Waals surface area contributed by atoms with Crippen LogP contribution in [0.25, 0.3) is 0 Å². The number of ether oxygens (including phenoxy) is 1. The molecule has 1 aromatic carbocycles. The number of thiophene rings is 1. The predicted molar refractivity (Wildman–Crippen MR) is 95.5 cm³/mol. The number of halogens is 1. The number of benzene rings is 1. The molecule has 3 aromatic rings. The Morgan fingerprint density at radius 2 is 2.25 bits per heavy atom. The molecule has 0 fully saturated rings. The minimum Gasteiger partial charge on any atom is -0.488 e. The van der Waals surface area contributed by atoms with Gasteiger partial charge in [-0.3, -0.25) is 0 Å². The summed E-state index contributed by atoms with van der Waals surface area (Å²) < 4.78 is 7.68. The molecular formula is C16H18ClN5OS. The highest BCUT2D eigenvalue weighted by atomic mass is 35.5. The first-order valence-corrected chi connectivity index (χ1v) is 8.95. The number of nitrogens with zero attached hydrogens (tertiary/aromatic N) is 4. The molecule has 0 unspecified atom stereocenters. The van der Waals surface area contributed by atoms with Crippen LogP contribution in [0.5, 0.6) is 5.75 Å². The summed E-state index contributed by atoms with van der Waals surface area (Å²) in [6.07, 6.45) is 0.964. The highest BCUT2D eigenvalue weighted by Crippen LogP contribution is 2.25. The van der Waals surface area contributed by atoms with Gasteiger partial charge in [-0.15, -0.1) is 11.3 Å². The van der Waals surface area contributed by atoms with Crippen LogP contribution in [0.1, 0.15) is 23.8 Å².